The summed E-state index contributed by atoms with van der Waals surface area (Å²) >= 11 is 6.06. The number of nitrogens with one attached hydrogen (secondary N) is 2. The van der Waals surface area contributed by atoms with Crippen LogP contribution >= 0.6 is 11.6 Å². The third-order valence-corrected chi connectivity index (χ3v) is 3.55. The number of hydrogen-bond acceptors (Lipinski definition) is 3. The molecule has 23 heavy (non-hydrogen) atoms. The van der Waals surface area contributed by atoms with Crippen molar-refractivity contribution in [2.24, 2.45) is 0 Å². The number of carbonyl (C=O) groups excluding carboxylic acids is 2. The lowest BCUT2D eigenvalue weighted by molar-refractivity contribution is 0.0600. The lowest BCUT2D eigenvalue weighted by Gasteiger charge is -2.09. The molecule has 0 heterocycles. The van der Waals surface area contributed by atoms with Crippen LogP contribution in [0.5, 0.6) is 0 Å². The van der Waals surface area contributed by atoms with E-state index in [-0.39, 0.29) is 6.03 Å². The van der Waals surface area contributed by atoms with E-state index < -0.39 is 5.97 Å². The minimum atomic E-state index is -0.451. The maximum atomic E-state index is 11.9. The van der Waals surface area contributed by atoms with E-state index in [0.29, 0.717) is 29.2 Å². The van der Waals surface area contributed by atoms with Gasteiger partial charge in [0.05, 0.1) is 12.7 Å². The number of esters is 1. The van der Waals surface area contributed by atoms with E-state index in [1.807, 2.05) is 24.3 Å². The fourth-order valence-electron chi connectivity index (χ4n) is 2.03. The Balaban J connectivity index is 1.85. The molecule has 0 aliphatic carbocycles. The van der Waals surface area contributed by atoms with Crippen molar-refractivity contribution in [3.63, 3.8) is 0 Å². The molecule has 0 saturated heterocycles. The first-order valence-corrected chi connectivity index (χ1v) is 7.44. The highest BCUT2D eigenvalue weighted by Gasteiger charge is 2.07. The van der Waals surface area contributed by atoms with Crippen LogP contribution in [0.4, 0.5) is 10.5 Å². The van der Waals surface area contributed by atoms with Crippen LogP contribution in [0.15, 0.2) is 48.5 Å². The highest BCUT2D eigenvalue weighted by molar-refractivity contribution is 6.31. The van der Waals surface area contributed by atoms with Gasteiger partial charge < -0.3 is 15.4 Å². The molecular formula is C17H17ClN2O3. The first-order valence-electron chi connectivity index (χ1n) is 7.07. The number of hydrogen-bond donors (Lipinski definition) is 2. The molecule has 2 aromatic carbocycles. The summed E-state index contributed by atoms with van der Waals surface area (Å²) in [6.45, 7) is 0.451. The van der Waals surface area contributed by atoms with Crippen LogP contribution in [0.2, 0.25) is 5.02 Å². The topological polar surface area (TPSA) is 67.4 Å². The number of ether oxygens (including phenoxy) is 1. The summed E-state index contributed by atoms with van der Waals surface area (Å²) in [5, 5.41) is 6.10. The zero-order valence-corrected chi connectivity index (χ0v) is 13.4. The summed E-state index contributed by atoms with van der Waals surface area (Å²) in [5.74, 6) is -0.451. The molecule has 0 fully saturated rings. The molecule has 2 amide bonds. The molecule has 0 aliphatic rings. The Hall–Kier alpha value is -2.53. The molecule has 6 heteroatoms. The number of anilines is 1. The second-order valence-corrected chi connectivity index (χ2v) is 5.20. The Bertz CT molecular complexity index is 704. The average molecular weight is 333 g/mol. The Morgan fingerprint density at radius 3 is 2.65 bits per heavy atom. The number of rotatable bonds is 5. The van der Waals surface area contributed by atoms with Crippen LogP contribution in [0, 0.1) is 0 Å². The number of methoxy groups -OCH3 is 1. The third-order valence-electron chi connectivity index (χ3n) is 3.18. The summed E-state index contributed by atoms with van der Waals surface area (Å²) in [7, 11) is 1.31. The Kier molecular flexibility index (Phi) is 6.00. The zero-order chi connectivity index (χ0) is 16.7. The highest BCUT2D eigenvalue weighted by atomic mass is 35.5. The van der Waals surface area contributed by atoms with Crippen molar-refractivity contribution in [3.8, 4) is 0 Å². The van der Waals surface area contributed by atoms with Crippen LogP contribution in [0.25, 0.3) is 0 Å². The van der Waals surface area contributed by atoms with Crippen LogP contribution in [0.1, 0.15) is 15.9 Å². The molecule has 5 nitrogen and oxygen atoms in total. The van der Waals surface area contributed by atoms with Crippen LogP contribution in [-0.2, 0) is 11.2 Å². The van der Waals surface area contributed by atoms with Crippen molar-refractivity contribution in [1.82, 2.24) is 5.32 Å². The number of urea groups is 1. The van der Waals surface area contributed by atoms with Gasteiger partial charge in [-0.25, -0.2) is 9.59 Å². The first-order chi connectivity index (χ1) is 11.1. The SMILES string of the molecule is COC(=O)c1cccc(NC(=O)NCCc2ccccc2Cl)c1. The number of carbonyl (C=O) groups is 2. The van der Waals surface area contributed by atoms with E-state index in [2.05, 4.69) is 15.4 Å². The number of amides is 2. The summed E-state index contributed by atoms with van der Waals surface area (Å²) < 4.78 is 4.64. The molecular weight excluding hydrogens is 316 g/mol. The fourth-order valence-corrected chi connectivity index (χ4v) is 2.26. The monoisotopic (exact) mass is 332 g/mol. The molecule has 0 aromatic heterocycles. The summed E-state index contributed by atoms with van der Waals surface area (Å²) in [6, 6.07) is 13.7. The molecule has 0 unspecified atom stereocenters. The van der Waals surface area contributed by atoms with Crippen LogP contribution < -0.4 is 10.6 Å². The molecule has 0 bridgehead atoms. The molecule has 2 N–H and O–H groups in total. The minimum Gasteiger partial charge on any atom is -0.465 e. The molecule has 0 aliphatic heterocycles. The van der Waals surface area contributed by atoms with E-state index in [1.165, 1.54) is 7.11 Å². The lowest BCUT2D eigenvalue weighted by atomic mass is 10.1. The summed E-state index contributed by atoms with van der Waals surface area (Å²) in [4.78, 5) is 23.3. The zero-order valence-electron chi connectivity index (χ0n) is 12.6. The van der Waals surface area contributed by atoms with Gasteiger partial charge in [0.1, 0.15) is 0 Å². The summed E-state index contributed by atoms with van der Waals surface area (Å²) in [5.41, 5.74) is 1.87. The minimum absolute atomic E-state index is 0.348. The maximum Gasteiger partial charge on any atom is 0.337 e. The molecule has 120 valence electrons. The van der Waals surface area contributed by atoms with Crippen molar-refractivity contribution < 1.29 is 14.3 Å². The van der Waals surface area contributed by atoms with Gasteiger partial charge in [0.2, 0.25) is 0 Å². The Morgan fingerprint density at radius 1 is 1.13 bits per heavy atom. The van der Waals surface area contributed by atoms with Gasteiger partial charge in [-0.1, -0.05) is 35.9 Å². The van der Waals surface area contributed by atoms with Gasteiger partial charge in [-0.3, -0.25) is 0 Å². The average Bonchev–Trinajstić information content (AvgIpc) is 2.56. The second kappa shape index (κ2) is 8.19. The van der Waals surface area contributed by atoms with Crippen molar-refractivity contribution in [3.05, 3.63) is 64.7 Å². The van der Waals surface area contributed by atoms with Gasteiger partial charge in [0, 0.05) is 17.3 Å². The largest absolute Gasteiger partial charge is 0.465 e. The van der Waals surface area contributed by atoms with E-state index in [0.717, 1.165) is 5.56 Å². The molecule has 2 rings (SSSR count). The number of benzene rings is 2. The molecule has 0 radical (unpaired) electrons. The second-order valence-electron chi connectivity index (χ2n) is 4.79. The van der Waals surface area contributed by atoms with Crippen molar-refractivity contribution in [2.45, 2.75) is 6.42 Å². The van der Waals surface area contributed by atoms with E-state index in [1.54, 1.807) is 24.3 Å². The smallest absolute Gasteiger partial charge is 0.337 e. The Morgan fingerprint density at radius 2 is 1.91 bits per heavy atom. The predicted octanol–water partition coefficient (Wildman–Crippen LogP) is 3.49. The maximum absolute atomic E-state index is 11.9. The van der Waals surface area contributed by atoms with E-state index in [4.69, 9.17) is 11.6 Å². The number of halogens is 1. The Labute approximate surface area is 139 Å². The van der Waals surface area contributed by atoms with Gasteiger partial charge in [0.15, 0.2) is 0 Å². The predicted molar refractivity (Wildman–Crippen MR) is 90.0 cm³/mol. The summed E-state index contributed by atoms with van der Waals surface area (Å²) in [6.07, 6.45) is 0.634. The van der Waals surface area contributed by atoms with Crippen LogP contribution in [-0.4, -0.2) is 25.7 Å². The van der Waals surface area contributed by atoms with E-state index >= 15 is 0 Å². The van der Waals surface area contributed by atoms with Gasteiger partial charge in [0.25, 0.3) is 0 Å². The molecule has 2 aromatic rings. The normalized spacial score (nSPS) is 10.0. The van der Waals surface area contributed by atoms with Crippen molar-refractivity contribution in [1.29, 1.82) is 0 Å². The lowest BCUT2D eigenvalue weighted by Crippen LogP contribution is -2.30. The quantitative estimate of drug-likeness (QED) is 0.824. The highest BCUT2D eigenvalue weighted by Crippen LogP contribution is 2.15. The van der Waals surface area contributed by atoms with E-state index in [9.17, 15) is 9.59 Å². The standard InChI is InChI=1S/C17H17ClN2O3/c1-23-16(21)13-6-4-7-14(11-13)20-17(22)19-10-9-12-5-2-3-8-15(12)18/h2-8,11H,9-10H2,1H3,(H2,19,20,22). The van der Waals surface area contributed by atoms with Crippen LogP contribution in [0.3, 0.4) is 0 Å². The molecule has 0 spiro atoms. The van der Waals surface area contributed by atoms with Gasteiger partial charge in [-0.15, -0.1) is 0 Å². The van der Waals surface area contributed by atoms with Gasteiger partial charge in [-0.2, -0.15) is 0 Å². The van der Waals surface area contributed by atoms with Crippen molar-refractivity contribution >= 4 is 29.3 Å². The molecule has 0 atom stereocenters. The third kappa shape index (κ3) is 5.00. The van der Waals surface area contributed by atoms with Gasteiger partial charge in [-0.05, 0) is 36.2 Å². The fraction of sp³-hybridized carbons (Fsp3) is 0.176. The first kappa shape index (κ1) is 16.8. The molecule has 0 saturated carbocycles. The van der Waals surface area contributed by atoms with Gasteiger partial charge >= 0.3 is 12.0 Å². The van der Waals surface area contributed by atoms with Crippen molar-refractivity contribution in [2.75, 3.05) is 19.0 Å².